The maximum atomic E-state index is 5.05. The van der Waals surface area contributed by atoms with Crippen LogP contribution >= 0.6 is 0 Å². The molecule has 3 aromatic heterocycles. The second-order valence-electron chi connectivity index (χ2n) is 14.9. The van der Waals surface area contributed by atoms with Crippen molar-refractivity contribution < 1.29 is 0 Å². The molecule has 8 aromatic carbocycles. The summed E-state index contributed by atoms with van der Waals surface area (Å²) in [4.78, 5) is 15.0. The minimum Gasteiger partial charge on any atom is -0.309 e. The maximum Gasteiger partial charge on any atom is 0.164 e. The topological polar surface area (TPSA) is 48.5 Å². The predicted molar refractivity (Wildman–Crippen MR) is 240 cm³/mol. The molecule has 0 atom stereocenters. The van der Waals surface area contributed by atoms with E-state index in [0.29, 0.717) is 17.5 Å². The first-order chi connectivity index (χ1) is 28.6. The second kappa shape index (κ2) is 13.5. The zero-order chi connectivity index (χ0) is 38.7. The van der Waals surface area contributed by atoms with Gasteiger partial charge < -0.3 is 9.13 Å². The monoisotopic (exact) mass is 743 g/mol. The largest absolute Gasteiger partial charge is 0.309 e. The molecule has 0 saturated heterocycles. The molecule has 0 spiro atoms. The van der Waals surface area contributed by atoms with Gasteiger partial charge in [-0.3, -0.25) is 0 Å². The molecule has 0 bridgehead atoms. The van der Waals surface area contributed by atoms with Crippen LogP contribution in [-0.4, -0.2) is 24.1 Å². The minimum atomic E-state index is 0.629. The molecule has 0 fully saturated rings. The standard InChI is InChI=1S/C53H37N5/c1-34-16-15-17-35(2)49(34)58-46-27-14-11-24-42(46)43-32-33-47(57-44-25-12-9-22-40(44)41-23-10-13-26-45(41)57)48(50(43)58)36-28-30-39(31-29-36)53-55-51(37-18-5-3-6-19-37)54-52(56-53)38-20-7-4-8-21-38/h3-33H,1-2H3. The molecule has 11 aromatic rings. The predicted octanol–water partition coefficient (Wildman–Crippen LogP) is 13.4. The van der Waals surface area contributed by atoms with Crippen molar-refractivity contribution in [3.05, 3.63) is 199 Å². The van der Waals surface area contributed by atoms with Crippen molar-refractivity contribution in [2.24, 2.45) is 0 Å². The van der Waals surface area contributed by atoms with Gasteiger partial charge in [0.05, 0.1) is 33.4 Å². The average molecular weight is 744 g/mol. The summed E-state index contributed by atoms with van der Waals surface area (Å²) in [6, 6.07) is 66.6. The summed E-state index contributed by atoms with van der Waals surface area (Å²) in [5.41, 5.74) is 14.5. The lowest BCUT2D eigenvalue weighted by molar-refractivity contribution is 1.07. The molecule has 0 radical (unpaired) electrons. The molecule has 0 amide bonds. The summed E-state index contributed by atoms with van der Waals surface area (Å²) in [7, 11) is 0. The molecular weight excluding hydrogens is 707 g/mol. The van der Waals surface area contributed by atoms with E-state index in [9.17, 15) is 0 Å². The van der Waals surface area contributed by atoms with Gasteiger partial charge in [-0.2, -0.15) is 0 Å². The van der Waals surface area contributed by atoms with Gasteiger partial charge in [-0.1, -0.05) is 164 Å². The fourth-order valence-electron chi connectivity index (χ4n) is 8.81. The molecule has 0 N–H and O–H groups in total. The Hall–Kier alpha value is -7.63. The molecule has 3 heterocycles. The van der Waals surface area contributed by atoms with E-state index < -0.39 is 0 Å². The number of aryl methyl sites for hydroxylation is 2. The molecule has 274 valence electrons. The van der Waals surface area contributed by atoms with Gasteiger partial charge in [0.2, 0.25) is 0 Å². The van der Waals surface area contributed by atoms with E-state index in [1.807, 2.05) is 60.7 Å². The van der Waals surface area contributed by atoms with Gasteiger partial charge >= 0.3 is 0 Å². The summed E-state index contributed by atoms with van der Waals surface area (Å²) in [6.45, 7) is 4.44. The Morgan fingerprint density at radius 1 is 0.328 bits per heavy atom. The van der Waals surface area contributed by atoms with Crippen LogP contribution in [0.5, 0.6) is 0 Å². The van der Waals surface area contributed by atoms with Crippen LogP contribution in [0.3, 0.4) is 0 Å². The van der Waals surface area contributed by atoms with Crippen LogP contribution in [0, 0.1) is 13.8 Å². The Bertz CT molecular complexity index is 3210. The number of nitrogens with zero attached hydrogens (tertiary/aromatic N) is 5. The molecule has 5 heteroatoms. The van der Waals surface area contributed by atoms with E-state index in [-0.39, 0.29) is 0 Å². The van der Waals surface area contributed by atoms with Crippen molar-refractivity contribution in [3.8, 4) is 56.7 Å². The molecule has 0 aliphatic rings. The van der Waals surface area contributed by atoms with Gasteiger partial charge in [0, 0.05) is 43.8 Å². The van der Waals surface area contributed by atoms with Gasteiger partial charge in [0.25, 0.3) is 0 Å². The summed E-state index contributed by atoms with van der Waals surface area (Å²) in [6.07, 6.45) is 0. The number of hydrogen-bond acceptors (Lipinski definition) is 3. The molecular formula is C53H37N5. The highest BCUT2D eigenvalue weighted by Gasteiger charge is 2.24. The molecule has 11 rings (SSSR count). The first-order valence-corrected chi connectivity index (χ1v) is 19.7. The summed E-state index contributed by atoms with van der Waals surface area (Å²) >= 11 is 0. The van der Waals surface area contributed by atoms with E-state index in [1.54, 1.807) is 0 Å². The van der Waals surface area contributed by atoms with Crippen LogP contribution in [0.4, 0.5) is 0 Å². The van der Waals surface area contributed by atoms with E-state index in [2.05, 4.69) is 150 Å². The number of para-hydroxylation sites is 4. The van der Waals surface area contributed by atoms with Crippen molar-refractivity contribution in [2.45, 2.75) is 13.8 Å². The van der Waals surface area contributed by atoms with E-state index in [1.165, 1.54) is 60.4 Å². The van der Waals surface area contributed by atoms with Crippen molar-refractivity contribution in [1.82, 2.24) is 24.1 Å². The first-order valence-electron chi connectivity index (χ1n) is 19.7. The Labute approximate surface area is 336 Å². The van der Waals surface area contributed by atoms with Crippen LogP contribution in [0.25, 0.3) is 100 Å². The smallest absolute Gasteiger partial charge is 0.164 e. The quantitative estimate of drug-likeness (QED) is 0.170. The zero-order valence-corrected chi connectivity index (χ0v) is 32.1. The van der Waals surface area contributed by atoms with Crippen molar-refractivity contribution in [1.29, 1.82) is 0 Å². The van der Waals surface area contributed by atoms with Crippen LogP contribution in [0.1, 0.15) is 11.1 Å². The van der Waals surface area contributed by atoms with Crippen molar-refractivity contribution >= 4 is 43.6 Å². The number of fused-ring (bicyclic) bond motifs is 6. The first kappa shape index (κ1) is 33.7. The molecule has 0 unspecified atom stereocenters. The lowest BCUT2D eigenvalue weighted by atomic mass is 9.97. The van der Waals surface area contributed by atoms with Gasteiger partial charge in [-0.25, -0.2) is 15.0 Å². The Morgan fingerprint density at radius 3 is 1.26 bits per heavy atom. The van der Waals surface area contributed by atoms with Crippen LogP contribution < -0.4 is 0 Å². The number of hydrogen-bond donors (Lipinski definition) is 0. The SMILES string of the molecule is Cc1cccc(C)c1-n1c2ccccc2c2ccc(-n3c4ccccc4c4ccccc43)c(-c3ccc(-c4nc(-c5ccccc5)nc(-c5ccccc5)n4)cc3)c21. The average Bonchev–Trinajstić information content (AvgIpc) is 3.79. The second-order valence-corrected chi connectivity index (χ2v) is 14.9. The minimum absolute atomic E-state index is 0.629. The number of benzene rings is 8. The van der Waals surface area contributed by atoms with Gasteiger partial charge in [0.15, 0.2) is 17.5 Å². The van der Waals surface area contributed by atoms with E-state index >= 15 is 0 Å². The fraction of sp³-hybridized carbons (Fsp3) is 0.0377. The van der Waals surface area contributed by atoms with Crippen molar-refractivity contribution in [2.75, 3.05) is 0 Å². The third kappa shape index (κ3) is 5.35. The third-order valence-electron chi connectivity index (χ3n) is 11.4. The van der Waals surface area contributed by atoms with E-state index in [4.69, 9.17) is 15.0 Å². The molecule has 5 nitrogen and oxygen atoms in total. The third-order valence-corrected chi connectivity index (χ3v) is 11.4. The van der Waals surface area contributed by atoms with E-state index in [0.717, 1.165) is 33.5 Å². The van der Waals surface area contributed by atoms with Gasteiger partial charge in [-0.05, 0) is 54.8 Å². The van der Waals surface area contributed by atoms with Crippen LogP contribution in [0.2, 0.25) is 0 Å². The normalized spacial score (nSPS) is 11.6. The molecule has 0 aliphatic heterocycles. The van der Waals surface area contributed by atoms with Gasteiger partial charge in [-0.15, -0.1) is 0 Å². The lowest BCUT2D eigenvalue weighted by Crippen LogP contribution is -2.04. The van der Waals surface area contributed by atoms with Crippen LogP contribution in [-0.2, 0) is 0 Å². The van der Waals surface area contributed by atoms with Gasteiger partial charge in [0.1, 0.15) is 0 Å². The molecule has 0 aliphatic carbocycles. The molecule has 0 saturated carbocycles. The Balaban J connectivity index is 1.21. The Kier molecular flexibility index (Phi) is 7.86. The summed E-state index contributed by atoms with van der Waals surface area (Å²) in [5, 5.41) is 4.89. The van der Waals surface area contributed by atoms with Crippen molar-refractivity contribution in [3.63, 3.8) is 0 Å². The lowest BCUT2D eigenvalue weighted by Gasteiger charge is -2.20. The number of rotatable bonds is 6. The zero-order valence-electron chi connectivity index (χ0n) is 32.1. The summed E-state index contributed by atoms with van der Waals surface area (Å²) < 4.78 is 4.95. The Morgan fingerprint density at radius 2 is 0.741 bits per heavy atom. The molecule has 58 heavy (non-hydrogen) atoms. The highest BCUT2D eigenvalue weighted by molar-refractivity contribution is 6.17. The number of aromatic nitrogens is 5. The summed E-state index contributed by atoms with van der Waals surface area (Å²) in [5.74, 6) is 1.92. The van der Waals surface area contributed by atoms with Crippen LogP contribution in [0.15, 0.2) is 188 Å². The maximum absolute atomic E-state index is 5.05. The highest BCUT2D eigenvalue weighted by Crippen LogP contribution is 2.45. The fourth-order valence-corrected chi connectivity index (χ4v) is 8.81. The highest BCUT2D eigenvalue weighted by atomic mass is 15.0.